The third kappa shape index (κ3) is 4.12. The summed E-state index contributed by atoms with van der Waals surface area (Å²) in [5.74, 6) is 0.264. The molecule has 0 spiro atoms. The van der Waals surface area contributed by atoms with E-state index in [-0.39, 0.29) is 5.91 Å². The summed E-state index contributed by atoms with van der Waals surface area (Å²) in [6.07, 6.45) is 6.75. The fourth-order valence-corrected chi connectivity index (χ4v) is 5.27. The number of fused-ring (bicyclic) bond motifs is 2. The molecule has 2 aliphatic rings. The maximum absolute atomic E-state index is 12.6. The van der Waals surface area contributed by atoms with Crippen LogP contribution in [0.4, 0.5) is 11.4 Å². The Hall–Kier alpha value is -3.23. The lowest BCUT2D eigenvalue weighted by atomic mass is 10.0. The summed E-state index contributed by atoms with van der Waals surface area (Å²) in [4.78, 5) is 29.3. The molecule has 4 aromatic rings. The lowest BCUT2D eigenvalue weighted by molar-refractivity contribution is -0.131. The van der Waals surface area contributed by atoms with E-state index in [1.165, 1.54) is 12.0 Å². The van der Waals surface area contributed by atoms with Gasteiger partial charge in [0, 0.05) is 49.0 Å². The number of nitrogens with one attached hydrogen (secondary N) is 2. The quantitative estimate of drug-likeness (QED) is 0.441. The van der Waals surface area contributed by atoms with Crippen molar-refractivity contribution in [3.8, 4) is 0 Å². The van der Waals surface area contributed by atoms with E-state index >= 15 is 0 Å². The number of carbonyl (C=O) groups is 1. The van der Waals surface area contributed by atoms with Gasteiger partial charge in [-0.25, -0.2) is 9.97 Å². The number of nitrogens with zero attached hydrogens (tertiary/aromatic N) is 4. The van der Waals surface area contributed by atoms with Crippen LogP contribution in [0, 0.1) is 0 Å². The highest BCUT2D eigenvalue weighted by atomic mass is 32.1. The first-order valence-electron chi connectivity index (χ1n) is 11.5. The van der Waals surface area contributed by atoms with Gasteiger partial charge >= 0.3 is 0 Å². The van der Waals surface area contributed by atoms with Crippen molar-refractivity contribution in [1.29, 1.82) is 0 Å². The number of pyridine rings is 1. The lowest BCUT2D eigenvalue weighted by Crippen LogP contribution is -2.41. The molecule has 1 saturated heterocycles. The highest BCUT2D eigenvalue weighted by Gasteiger charge is 2.21. The van der Waals surface area contributed by atoms with Gasteiger partial charge < -0.3 is 20.1 Å². The molecule has 0 unspecified atom stereocenters. The molecule has 0 bridgehead atoms. The Balaban J connectivity index is 1.18. The zero-order chi connectivity index (χ0) is 22.2. The smallest absolute Gasteiger partial charge is 0.224 e. The van der Waals surface area contributed by atoms with Gasteiger partial charge in [0.05, 0.1) is 21.4 Å². The SMILES string of the molecule is O=C(CCN1CCC1)N1CC=C(c2cc3c(Nc4ccc5ncsc5c4)ccnc3[nH]2)CC1. The van der Waals surface area contributed by atoms with Crippen LogP contribution in [0.25, 0.3) is 26.8 Å². The molecule has 2 aliphatic heterocycles. The minimum atomic E-state index is 0.264. The fraction of sp³-hybridized carbons (Fsp3) is 0.320. The predicted molar refractivity (Wildman–Crippen MR) is 134 cm³/mol. The van der Waals surface area contributed by atoms with Crippen molar-refractivity contribution in [3.05, 3.63) is 53.8 Å². The molecule has 0 aliphatic carbocycles. The molecular formula is C25H26N6OS. The number of thiazole rings is 1. The molecule has 1 fully saturated rings. The summed E-state index contributed by atoms with van der Waals surface area (Å²) in [6, 6.07) is 10.4. The number of rotatable bonds is 6. The van der Waals surface area contributed by atoms with E-state index in [0.717, 1.165) is 70.9 Å². The lowest BCUT2D eigenvalue weighted by Gasteiger charge is -2.32. The van der Waals surface area contributed by atoms with Gasteiger partial charge in [0.25, 0.3) is 0 Å². The monoisotopic (exact) mass is 458 g/mol. The van der Waals surface area contributed by atoms with Gasteiger partial charge in [0.1, 0.15) is 5.65 Å². The van der Waals surface area contributed by atoms with E-state index in [4.69, 9.17) is 0 Å². The van der Waals surface area contributed by atoms with Crippen LogP contribution < -0.4 is 5.32 Å². The molecule has 2 N–H and O–H groups in total. The molecule has 6 rings (SSSR count). The van der Waals surface area contributed by atoms with Crippen molar-refractivity contribution in [1.82, 2.24) is 24.8 Å². The number of hydrogen-bond acceptors (Lipinski definition) is 6. The third-order valence-electron chi connectivity index (χ3n) is 6.64. The molecule has 0 saturated carbocycles. The summed E-state index contributed by atoms with van der Waals surface area (Å²) >= 11 is 1.64. The van der Waals surface area contributed by atoms with Gasteiger partial charge in [-0.3, -0.25) is 4.79 Å². The zero-order valence-corrected chi connectivity index (χ0v) is 19.2. The summed E-state index contributed by atoms with van der Waals surface area (Å²) in [5, 5.41) is 4.60. The molecule has 1 aromatic carbocycles. The zero-order valence-electron chi connectivity index (χ0n) is 18.4. The van der Waals surface area contributed by atoms with Crippen molar-refractivity contribution in [2.75, 3.05) is 38.0 Å². The van der Waals surface area contributed by atoms with Crippen LogP contribution >= 0.6 is 11.3 Å². The third-order valence-corrected chi connectivity index (χ3v) is 7.43. The normalized spacial score (nSPS) is 16.7. The van der Waals surface area contributed by atoms with Gasteiger partial charge in [-0.2, -0.15) is 0 Å². The molecule has 7 nitrogen and oxygen atoms in total. The van der Waals surface area contributed by atoms with Gasteiger partial charge in [0.2, 0.25) is 5.91 Å². The average molecular weight is 459 g/mol. The number of aromatic nitrogens is 3. The van der Waals surface area contributed by atoms with Crippen molar-refractivity contribution >= 4 is 55.4 Å². The maximum atomic E-state index is 12.6. The summed E-state index contributed by atoms with van der Waals surface area (Å²) in [5.41, 5.74) is 8.14. The Labute approximate surface area is 196 Å². The van der Waals surface area contributed by atoms with Gasteiger partial charge in [-0.1, -0.05) is 6.08 Å². The number of aromatic amines is 1. The van der Waals surface area contributed by atoms with E-state index < -0.39 is 0 Å². The van der Waals surface area contributed by atoms with Crippen molar-refractivity contribution in [2.45, 2.75) is 19.3 Å². The molecule has 0 atom stereocenters. The summed E-state index contributed by atoms with van der Waals surface area (Å²) in [6.45, 7) is 4.63. The molecule has 33 heavy (non-hydrogen) atoms. The standard InChI is InChI=1S/C25H26N6OS/c32-24(7-11-30-9-1-10-30)31-12-5-17(6-13-31)22-15-19-20(4-8-26-25(19)29-22)28-18-2-3-21-23(14-18)33-16-27-21/h2-5,8,14-16H,1,6-7,9-13H2,(H2,26,28,29). The van der Waals surface area contributed by atoms with Crippen LogP contribution in [0.15, 0.2) is 48.1 Å². The van der Waals surface area contributed by atoms with E-state index in [0.29, 0.717) is 13.0 Å². The van der Waals surface area contributed by atoms with Crippen LogP contribution in [0.5, 0.6) is 0 Å². The number of amides is 1. The predicted octanol–water partition coefficient (Wildman–Crippen LogP) is 4.63. The van der Waals surface area contributed by atoms with E-state index in [2.05, 4.69) is 49.4 Å². The number of hydrogen-bond donors (Lipinski definition) is 2. The molecule has 168 valence electrons. The first kappa shape index (κ1) is 20.4. The van der Waals surface area contributed by atoms with E-state index in [1.54, 1.807) is 11.3 Å². The topological polar surface area (TPSA) is 77.2 Å². The Morgan fingerprint density at radius 2 is 2.09 bits per heavy atom. The average Bonchev–Trinajstić information content (AvgIpc) is 3.45. The first-order valence-corrected chi connectivity index (χ1v) is 12.4. The van der Waals surface area contributed by atoms with Crippen LogP contribution in [-0.2, 0) is 4.79 Å². The molecule has 0 radical (unpaired) electrons. The van der Waals surface area contributed by atoms with Crippen LogP contribution in [0.2, 0.25) is 0 Å². The number of carbonyl (C=O) groups excluding carboxylic acids is 1. The van der Waals surface area contributed by atoms with Crippen LogP contribution in [-0.4, -0.2) is 63.4 Å². The first-order chi connectivity index (χ1) is 16.2. The summed E-state index contributed by atoms with van der Waals surface area (Å²) < 4.78 is 1.16. The minimum Gasteiger partial charge on any atom is -0.355 e. The largest absolute Gasteiger partial charge is 0.355 e. The Bertz CT molecular complexity index is 1350. The Morgan fingerprint density at radius 3 is 2.91 bits per heavy atom. The molecule has 1 amide bonds. The van der Waals surface area contributed by atoms with Crippen molar-refractivity contribution in [3.63, 3.8) is 0 Å². The maximum Gasteiger partial charge on any atom is 0.224 e. The number of benzene rings is 1. The molecule has 8 heteroatoms. The van der Waals surface area contributed by atoms with E-state index in [9.17, 15) is 4.79 Å². The van der Waals surface area contributed by atoms with Crippen LogP contribution in [0.1, 0.15) is 25.0 Å². The second-order valence-corrected chi connectivity index (χ2v) is 9.61. The fourth-order valence-electron chi connectivity index (χ4n) is 4.55. The molecule has 3 aromatic heterocycles. The van der Waals surface area contributed by atoms with Crippen LogP contribution in [0.3, 0.4) is 0 Å². The number of anilines is 2. The summed E-state index contributed by atoms with van der Waals surface area (Å²) in [7, 11) is 0. The number of likely N-dealkylation sites (tertiary alicyclic amines) is 1. The second-order valence-electron chi connectivity index (χ2n) is 8.73. The minimum absolute atomic E-state index is 0.264. The van der Waals surface area contributed by atoms with Crippen molar-refractivity contribution in [2.24, 2.45) is 0 Å². The Kier molecular flexibility index (Phi) is 5.32. The highest BCUT2D eigenvalue weighted by Crippen LogP contribution is 2.31. The van der Waals surface area contributed by atoms with Gasteiger partial charge in [0.15, 0.2) is 0 Å². The van der Waals surface area contributed by atoms with E-state index in [1.807, 2.05) is 28.7 Å². The van der Waals surface area contributed by atoms with Gasteiger partial charge in [-0.15, -0.1) is 11.3 Å². The Morgan fingerprint density at radius 1 is 1.15 bits per heavy atom. The van der Waals surface area contributed by atoms with Crippen molar-refractivity contribution < 1.29 is 4.79 Å². The van der Waals surface area contributed by atoms with Gasteiger partial charge in [-0.05, 0) is 61.8 Å². The highest BCUT2D eigenvalue weighted by molar-refractivity contribution is 7.16. The molecular weight excluding hydrogens is 432 g/mol. The second kappa shape index (κ2) is 8.61. The number of H-pyrrole nitrogens is 1. The molecule has 5 heterocycles.